The van der Waals surface area contributed by atoms with Gasteiger partial charge < -0.3 is 5.32 Å². The fourth-order valence-electron chi connectivity index (χ4n) is 1.18. The van der Waals surface area contributed by atoms with Crippen molar-refractivity contribution in [3.8, 4) is 0 Å². The molecule has 0 bridgehead atoms. The Morgan fingerprint density at radius 1 is 1.67 bits per heavy atom. The molecule has 0 spiro atoms. The second kappa shape index (κ2) is 2.62. The first-order valence-corrected chi connectivity index (χ1v) is 4.08. The summed E-state index contributed by atoms with van der Waals surface area (Å²) in [5.74, 6) is 1.09. The van der Waals surface area contributed by atoms with Crippen LogP contribution in [0.2, 0.25) is 0 Å². The van der Waals surface area contributed by atoms with E-state index in [-0.39, 0.29) is 5.56 Å². The second-order valence-electron chi connectivity index (χ2n) is 3.04. The molecule has 0 aliphatic heterocycles. The van der Waals surface area contributed by atoms with Gasteiger partial charge in [-0.15, -0.1) is 0 Å². The largest absolute Gasteiger partial charge is 0.359 e. The van der Waals surface area contributed by atoms with Gasteiger partial charge in [-0.05, 0) is 12.8 Å². The summed E-state index contributed by atoms with van der Waals surface area (Å²) in [6, 6.07) is 1.58. The first-order chi connectivity index (χ1) is 5.79. The Bertz CT molecular complexity index is 340. The van der Waals surface area contributed by atoms with Crippen molar-refractivity contribution in [3.63, 3.8) is 0 Å². The maximum Gasteiger partial charge on any atom is 0.252 e. The Morgan fingerprint density at radius 2 is 2.42 bits per heavy atom. The third-order valence-corrected chi connectivity index (χ3v) is 1.99. The van der Waals surface area contributed by atoms with Crippen molar-refractivity contribution in [3.05, 3.63) is 22.1 Å². The van der Waals surface area contributed by atoms with Crippen LogP contribution in [0.15, 0.2) is 10.9 Å². The summed E-state index contributed by atoms with van der Waals surface area (Å²) in [7, 11) is 1.74. The fraction of sp³-hybridized carbons (Fsp3) is 0.500. The van der Waals surface area contributed by atoms with E-state index in [1.165, 1.54) is 12.8 Å². The van der Waals surface area contributed by atoms with Crippen molar-refractivity contribution >= 4 is 5.95 Å². The molecule has 0 amide bonds. The number of aromatic amines is 1. The van der Waals surface area contributed by atoms with Crippen LogP contribution >= 0.6 is 0 Å². The lowest BCUT2D eigenvalue weighted by atomic mass is 10.3. The average molecular weight is 165 g/mol. The number of H-pyrrole nitrogens is 1. The van der Waals surface area contributed by atoms with Crippen LogP contribution < -0.4 is 10.9 Å². The molecular formula is C8H11N3O. The Kier molecular flexibility index (Phi) is 1.60. The molecule has 4 nitrogen and oxygen atoms in total. The minimum atomic E-state index is -0.0729. The number of hydrogen-bond acceptors (Lipinski definition) is 3. The minimum Gasteiger partial charge on any atom is -0.359 e. The van der Waals surface area contributed by atoms with E-state index in [1.807, 2.05) is 0 Å². The highest BCUT2D eigenvalue weighted by Gasteiger charge is 2.25. The molecular weight excluding hydrogens is 154 g/mol. The standard InChI is InChI=1S/C8H11N3O/c1-9-8-10-6(5-2-3-5)4-7(12)11-8/h4-5H,2-3H2,1H3,(H2,9,10,11,12). The lowest BCUT2D eigenvalue weighted by Gasteiger charge is -2.00. The molecule has 4 heteroatoms. The van der Waals surface area contributed by atoms with Crippen molar-refractivity contribution < 1.29 is 0 Å². The van der Waals surface area contributed by atoms with Crippen molar-refractivity contribution in [2.75, 3.05) is 12.4 Å². The normalized spacial score (nSPS) is 16.1. The summed E-state index contributed by atoms with van der Waals surface area (Å²) >= 11 is 0. The Morgan fingerprint density at radius 3 is 3.00 bits per heavy atom. The van der Waals surface area contributed by atoms with E-state index >= 15 is 0 Å². The molecule has 12 heavy (non-hydrogen) atoms. The summed E-state index contributed by atoms with van der Waals surface area (Å²) in [6.07, 6.45) is 2.33. The fourth-order valence-corrected chi connectivity index (χ4v) is 1.18. The number of nitrogens with one attached hydrogen (secondary N) is 2. The molecule has 0 radical (unpaired) electrons. The molecule has 1 saturated carbocycles. The van der Waals surface area contributed by atoms with Gasteiger partial charge in [-0.2, -0.15) is 0 Å². The quantitative estimate of drug-likeness (QED) is 0.677. The predicted molar refractivity (Wildman–Crippen MR) is 46.4 cm³/mol. The summed E-state index contributed by atoms with van der Waals surface area (Å²) in [4.78, 5) is 17.9. The van der Waals surface area contributed by atoms with E-state index in [0.717, 1.165) is 5.69 Å². The zero-order valence-electron chi connectivity index (χ0n) is 6.92. The number of aromatic nitrogens is 2. The van der Waals surface area contributed by atoms with Crippen LogP contribution in [0.4, 0.5) is 5.95 Å². The number of hydrogen-bond donors (Lipinski definition) is 2. The van der Waals surface area contributed by atoms with Crippen molar-refractivity contribution in [2.24, 2.45) is 0 Å². The first kappa shape index (κ1) is 7.34. The van der Waals surface area contributed by atoms with Crippen LogP contribution in [0.5, 0.6) is 0 Å². The molecule has 1 aromatic rings. The monoisotopic (exact) mass is 165 g/mol. The second-order valence-corrected chi connectivity index (χ2v) is 3.04. The Balaban J connectivity index is 2.41. The zero-order chi connectivity index (χ0) is 8.55. The number of rotatable bonds is 2. The Hall–Kier alpha value is -1.32. The smallest absolute Gasteiger partial charge is 0.252 e. The van der Waals surface area contributed by atoms with E-state index in [1.54, 1.807) is 13.1 Å². The zero-order valence-corrected chi connectivity index (χ0v) is 6.92. The van der Waals surface area contributed by atoms with Crippen molar-refractivity contribution in [1.29, 1.82) is 0 Å². The van der Waals surface area contributed by atoms with Gasteiger partial charge in [0.25, 0.3) is 5.56 Å². The average Bonchev–Trinajstić information content (AvgIpc) is 2.85. The van der Waals surface area contributed by atoms with Gasteiger partial charge >= 0.3 is 0 Å². The molecule has 0 atom stereocenters. The number of anilines is 1. The maximum atomic E-state index is 11.1. The van der Waals surface area contributed by atoms with Crippen LogP contribution in [0.25, 0.3) is 0 Å². The SMILES string of the molecule is CNc1nc(C2CC2)cc(=O)[nH]1. The van der Waals surface area contributed by atoms with E-state index in [2.05, 4.69) is 15.3 Å². The lowest BCUT2D eigenvalue weighted by molar-refractivity contribution is 0.972. The van der Waals surface area contributed by atoms with Crippen LogP contribution in [-0.4, -0.2) is 17.0 Å². The van der Waals surface area contributed by atoms with Gasteiger partial charge in [0.05, 0.1) is 5.69 Å². The van der Waals surface area contributed by atoms with Crippen LogP contribution in [0.1, 0.15) is 24.5 Å². The molecule has 1 aliphatic rings. The van der Waals surface area contributed by atoms with Crippen LogP contribution in [0, 0.1) is 0 Å². The highest BCUT2D eigenvalue weighted by Crippen LogP contribution is 2.38. The van der Waals surface area contributed by atoms with Crippen molar-refractivity contribution in [1.82, 2.24) is 9.97 Å². The summed E-state index contributed by atoms with van der Waals surface area (Å²) in [6.45, 7) is 0. The third-order valence-electron chi connectivity index (χ3n) is 1.99. The van der Waals surface area contributed by atoms with Gasteiger partial charge in [-0.25, -0.2) is 4.98 Å². The molecule has 1 fully saturated rings. The Labute approximate surface area is 70.0 Å². The third kappa shape index (κ3) is 1.32. The molecule has 1 aromatic heterocycles. The topological polar surface area (TPSA) is 57.8 Å². The summed E-state index contributed by atoms with van der Waals surface area (Å²) in [5, 5.41) is 2.82. The van der Waals surface area contributed by atoms with E-state index in [4.69, 9.17) is 0 Å². The van der Waals surface area contributed by atoms with Crippen LogP contribution in [-0.2, 0) is 0 Å². The lowest BCUT2D eigenvalue weighted by Crippen LogP contribution is -2.11. The molecule has 1 heterocycles. The maximum absolute atomic E-state index is 11.1. The molecule has 2 N–H and O–H groups in total. The molecule has 0 unspecified atom stereocenters. The highest BCUT2D eigenvalue weighted by atomic mass is 16.1. The molecule has 0 aromatic carbocycles. The van der Waals surface area contributed by atoms with Gasteiger partial charge in [0.15, 0.2) is 0 Å². The molecule has 0 saturated heterocycles. The van der Waals surface area contributed by atoms with E-state index in [0.29, 0.717) is 11.9 Å². The van der Waals surface area contributed by atoms with E-state index < -0.39 is 0 Å². The molecule has 64 valence electrons. The van der Waals surface area contributed by atoms with Gasteiger partial charge in [0.1, 0.15) is 0 Å². The van der Waals surface area contributed by atoms with Gasteiger partial charge in [0.2, 0.25) is 5.95 Å². The van der Waals surface area contributed by atoms with Crippen molar-refractivity contribution in [2.45, 2.75) is 18.8 Å². The van der Waals surface area contributed by atoms with Gasteiger partial charge in [-0.1, -0.05) is 0 Å². The van der Waals surface area contributed by atoms with Crippen LogP contribution in [0.3, 0.4) is 0 Å². The van der Waals surface area contributed by atoms with Gasteiger partial charge in [-0.3, -0.25) is 9.78 Å². The minimum absolute atomic E-state index is 0.0729. The summed E-state index contributed by atoms with van der Waals surface area (Å²) in [5.41, 5.74) is 0.847. The molecule has 1 aliphatic carbocycles. The van der Waals surface area contributed by atoms with Gasteiger partial charge in [0, 0.05) is 19.0 Å². The first-order valence-electron chi connectivity index (χ1n) is 4.08. The highest BCUT2D eigenvalue weighted by molar-refractivity contribution is 5.26. The van der Waals surface area contributed by atoms with E-state index in [9.17, 15) is 4.79 Å². The molecule has 2 rings (SSSR count). The predicted octanol–water partition coefficient (Wildman–Crippen LogP) is 0.689. The summed E-state index contributed by atoms with van der Waals surface area (Å²) < 4.78 is 0. The number of nitrogens with zero attached hydrogens (tertiary/aromatic N) is 1.